The van der Waals surface area contributed by atoms with Crippen LogP contribution in [0.25, 0.3) is 0 Å². The zero-order valence-electron chi connectivity index (χ0n) is 13.3. The highest BCUT2D eigenvalue weighted by Gasteiger charge is 2.64. The molecule has 130 valence electrons. The quantitative estimate of drug-likeness (QED) is 0.766. The smallest absolute Gasteiger partial charge is 0.351 e. The lowest BCUT2D eigenvalue weighted by Crippen LogP contribution is -2.45. The number of ether oxygens (including phenoxy) is 3. The first-order valence-electron chi connectivity index (χ1n) is 8.15. The highest BCUT2D eigenvalue weighted by molar-refractivity contribution is 5.24. The van der Waals surface area contributed by atoms with Crippen molar-refractivity contribution in [3.05, 3.63) is 35.4 Å². The van der Waals surface area contributed by atoms with Gasteiger partial charge in [0.25, 0.3) is 0 Å². The molecule has 2 saturated heterocycles. The number of aliphatic hydroxyl groups is 1. The molecule has 1 spiro atoms. The summed E-state index contributed by atoms with van der Waals surface area (Å²) in [5, 5.41) is 9.92. The average Bonchev–Trinajstić information content (AvgIpc) is 3.24. The highest BCUT2D eigenvalue weighted by Crippen LogP contribution is 2.52. The molecule has 4 rings (SSSR count). The number of aromatic nitrogens is 2. The van der Waals surface area contributed by atoms with Crippen LogP contribution in [-0.2, 0) is 14.2 Å². The first-order chi connectivity index (χ1) is 11.5. The van der Waals surface area contributed by atoms with Crippen molar-refractivity contribution in [3.63, 3.8) is 0 Å². The van der Waals surface area contributed by atoms with Gasteiger partial charge in [0.15, 0.2) is 12.0 Å². The lowest BCUT2D eigenvalue weighted by Gasteiger charge is -2.32. The molecular weight excluding hydrogens is 314 g/mol. The number of hydrogen-bond donors (Lipinski definition) is 2. The second-order valence-electron chi connectivity index (χ2n) is 6.61. The van der Waals surface area contributed by atoms with Gasteiger partial charge in [-0.1, -0.05) is 6.08 Å². The molecule has 2 aliphatic heterocycles. The maximum absolute atomic E-state index is 12.2. The van der Waals surface area contributed by atoms with E-state index in [4.69, 9.17) is 19.9 Å². The van der Waals surface area contributed by atoms with E-state index in [1.807, 2.05) is 0 Å². The van der Waals surface area contributed by atoms with Crippen molar-refractivity contribution in [2.24, 2.45) is 0 Å². The molecule has 1 saturated carbocycles. The molecule has 4 atom stereocenters. The number of nitrogens with zero attached hydrogens (tertiary/aromatic N) is 2. The van der Waals surface area contributed by atoms with E-state index in [1.54, 1.807) is 0 Å². The van der Waals surface area contributed by atoms with E-state index >= 15 is 0 Å². The van der Waals surface area contributed by atoms with Crippen molar-refractivity contribution in [2.75, 3.05) is 12.3 Å². The third-order valence-electron chi connectivity index (χ3n) is 5.18. The number of fused-ring (bicyclic) bond motifs is 1. The zero-order valence-corrected chi connectivity index (χ0v) is 13.3. The topological polar surface area (TPSA) is 109 Å². The summed E-state index contributed by atoms with van der Waals surface area (Å²) in [7, 11) is 0. The van der Waals surface area contributed by atoms with Crippen LogP contribution >= 0.6 is 0 Å². The molecule has 0 radical (unpaired) electrons. The minimum absolute atomic E-state index is 0.138. The van der Waals surface area contributed by atoms with Crippen LogP contribution in [0.5, 0.6) is 0 Å². The number of nitrogen functional groups attached to an aromatic ring is 1. The SMILES string of the molecule is C=CC1(CO)OC(n2ccc(N)nc2=O)C2OC3(CCCC3)OC21. The van der Waals surface area contributed by atoms with Crippen LogP contribution in [0, 0.1) is 0 Å². The van der Waals surface area contributed by atoms with E-state index < -0.39 is 35.5 Å². The van der Waals surface area contributed by atoms with Gasteiger partial charge < -0.3 is 25.1 Å². The molecule has 8 heteroatoms. The monoisotopic (exact) mass is 335 g/mol. The molecule has 0 amide bonds. The Morgan fingerprint density at radius 2 is 2.17 bits per heavy atom. The first kappa shape index (κ1) is 15.8. The average molecular weight is 335 g/mol. The van der Waals surface area contributed by atoms with E-state index in [1.165, 1.54) is 22.9 Å². The van der Waals surface area contributed by atoms with Crippen LogP contribution in [0.4, 0.5) is 5.82 Å². The van der Waals surface area contributed by atoms with E-state index in [0.29, 0.717) is 0 Å². The van der Waals surface area contributed by atoms with Crippen molar-refractivity contribution in [2.45, 2.75) is 55.5 Å². The second-order valence-corrected chi connectivity index (χ2v) is 6.61. The van der Waals surface area contributed by atoms with Crippen LogP contribution < -0.4 is 11.4 Å². The van der Waals surface area contributed by atoms with Gasteiger partial charge in [-0.15, -0.1) is 6.58 Å². The van der Waals surface area contributed by atoms with Gasteiger partial charge in [-0.05, 0) is 18.9 Å². The third-order valence-corrected chi connectivity index (χ3v) is 5.18. The van der Waals surface area contributed by atoms with Crippen molar-refractivity contribution in [1.29, 1.82) is 0 Å². The summed E-state index contributed by atoms with van der Waals surface area (Å²) < 4.78 is 19.7. The summed E-state index contributed by atoms with van der Waals surface area (Å²) in [5.74, 6) is -0.523. The van der Waals surface area contributed by atoms with Crippen LogP contribution in [0.3, 0.4) is 0 Å². The fourth-order valence-corrected chi connectivity index (χ4v) is 3.92. The minimum atomic E-state index is -1.12. The number of aliphatic hydroxyl groups excluding tert-OH is 1. The Morgan fingerprint density at radius 1 is 1.42 bits per heavy atom. The molecule has 3 aliphatic rings. The predicted molar refractivity (Wildman–Crippen MR) is 84.0 cm³/mol. The van der Waals surface area contributed by atoms with Crippen LogP contribution in [-0.4, -0.2) is 44.9 Å². The van der Waals surface area contributed by atoms with E-state index in [2.05, 4.69) is 11.6 Å². The van der Waals surface area contributed by atoms with E-state index in [-0.39, 0.29) is 12.4 Å². The predicted octanol–water partition coefficient (Wildman–Crippen LogP) is 0.326. The lowest BCUT2D eigenvalue weighted by atomic mass is 9.96. The normalized spacial score (nSPS) is 37.0. The van der Waals surface area contributed by atoms with E-state index in [9.17, 15) is 9.90 Å². The molecule has 24 heavy (non-hydrogen) atoms. The molecule has 0 bridgehead atoms. The van der Waals surface area contributed by atoms with Crippen LogP contribution in [0.15, 0.2) is 29.7 Å². The molecule has 1 aromatic heterocycles. The maximum Gasteiger partial charge on any atom is 0.351 e. The summed E-state index contributed by atoms with van der Waals surface area (Å²) in [4.78, 5) is 16.0. The van der Waals surface area contributed by atoms with Gasteiger partial charge in [0.2, 0.25) is 0 Å². The standard InChI is InChI=1S/C16H21N3O5/c1-2-15(9-20)12-11(22-16(23-12)6-3-4-7-16)13(24-15)19-8-5-10(17)18-14(19)21/h2,5,8,11-13,20H,1,3-4,6-7,9H2,(H2,17,18,21). The number of rotatable bonds is 3. The second kappa shape index (κ2) is 5.38. The molecule has 3 heterocycles. The molecule has 4 unspecified atom stereocenters. The maximum atomic E-state index is 12.2. The molecule has 0 aromatic carbocycles. The van der Waals surface area contributed by atoms with Crippen molar-refractivity contribution >= 4 is 5.82 Å². The Bertz CT molecular complexity index is 714. The third kappa shape index (κ3) is 2.14. The Morgan fingerprint density at radius 3 is 2.79 bits per heavy atom. The first-order valence-corrected chi connectivity index (χ1v) is 8.15. The van der Waals surface area contributed by atoms with Gasteiger partial charge in [0.1, 0.15) is 23.6 Å². The van der Waals surface area contributed by atoms with Crippen LogP contribution in [0.1, 0.15) is 31.9 Å². The largest absolute Gasteiger partial charge is 0.393 e. The Balaban J connectivity index is 1.75. The zero-order chi connectivity index (χ0) is 16.9. The van der Waals surface area contributed by atoms with Crippen molar-refractivity contribution in [1.82, 2.24) is 9.55 Å². The Labute approximate surface area is 138 Å². The number of anilines is 1. The van der Waals surface area contributed by atoms with Gasteiger partial charge in [-0.2, -0.15) is 4.98 Å². The molecule has 8 nitrogen and oxygen atoms in total. The van der Waals surface area contributed by atoms with E-state index in [0.717, 1.165) is 25.7 Å². The highest BCUT2D eigenvalue weighted by atomic mass is 16.8. The summed E-state index contributed by atoms with van der Waals surface area (Å²) in [6.45, 7) is 3.47. The number of hydrogen-bond acceptors (Lipinski definition) is 7. The molecule has 3 N–H and O–H groups in total. The van der Waals surface area contributed by atoms with Gasteiger partial charge >= 0.3 is 5.69 Å². The minimum Gasteiger partial charge on any atom is -0.393 e. The van der Waals surface area contributed by atoms with Gasteiger partial charge in [-0.25, -0.2) is 4.79 Å². The molecule has 1 aromatic rings. The summed E-state index contributed by atoms with van der Waals surface area (Å²) >= 11 is 0. The Hall–Kier alpha value is -1.74. The molecule has 3 fully saturated rings. The van der Waals surface area contributed by atoms with Crippen molar-refractivity contribution in [3.8, 4) is 0 Å². The lowest BCUT2D eigenvalue weighted by molar-refractivity contribution is -0.229. The number of nitrogens with two attached hydrogens (primary N) is 1. The summed E-state index contributed by atoms with van der Waals surface area (Å²) in [5.41, 5.74) is 3.90. The summed E-state index contributed by atoms with van der Waals surface area (Å²) in [6, 6.07) is 1.52. The van der Waals surface area contributed by atoms with Crippen LogP contribution in [0.2, 0.25) is 0 Å². The Kier molecular flexibility index (Phi) is 3.54. The van der Waals surface area contributed by atoms with Gasteiger partial charge in [0.05, 0.1) is 6.61 Å². The molecule has 1 aliphatic carbocycles. The van der Waals surface area contributed by atoms with Gasteiger partial charge in [-0.3, -0.25) is 4.57 Å². The fourth-order valence-electron chi connectivity index (χ4n) is 3.92. The van der Waals surface area contributed by atoms with Gasteiger partial charge in [0, 0.05) is 19.0 Å². The fraction of sp³-hybridized carbons (Fsp3) is 0.625. The summed E-state index contributed by atoms with van der Waals surface area (Å²) in [6.07, 6.45) is 4.84. The van der Waals surface area contributed by atoms with Crippen molar-refractivity contribution < 1.29 is 19.3 Å². The molecular formula is C16H21N3O5.